The lowest BCUT2D eigenvalue weighted by atomic mass is 10.1. The van der Waals surface area contributed by atoms with Crippen LogP contribution >= 0.6 is 0 Å². The van der Waals surface area contributed by atoms with E-state index in [4.69, 9.17) is 8.83 Å². The Kier molecular flexibility index (Phi) is 9.33. The molecule has 11 heteroatoms. The van der Waals surface area contributed by atoms with Crippen molar-refractivity contribution in [1.82, 2.24) is 35.3 Å². The Morgan fingerprint density at radius 1 is 1.05 bits per heavy atom. The van der Waals surface area contributed by atoms with Crippen molar-refractivity contribution >= 4 is 11.8 Å². The monoisotopic (exact) mass is 525 g/mol. The molecular weight excluding hydrogens is 486 g/mol. The first kappa shape index (κ1) is 27.6. The van der Waals surface area contributed by atoms with E-state index in [0.717, 1.165) is 51.1 Å². The van der Waals surface area contributed by atoms with Gasteiger partial charge in [-0.1, -0.05) is 26.7 Å². The van der Waals surface area contributed by atoms with E-state index in [1.165, 1.54) is 4.80 Å². The van der Waals surface area contributed by atoms with Gasteiger partial charge in [-0.2, -0.15) is 4.80 Å². The second kappa shape index (κ2) is 12.9. The molecule has 0 aromatic carbocycles. The van der Waals surface area contributed by atoms with Gasteiger partial charge in [-0.25, -0.2) is 0 Å². The molecule has 1 aliphatic rings. The highest BCUT2D eigenvalue weighted by molar-refractivity contribution is 5.88. The van der Waals surface area contributed by atoms with Crippen molar-refractivity contribution in [2.75, 3.05) is 26.2 Å². The molecule has 11 nitrogen and oxygen atoms in total. The SMILES string of the molecule is CCN(CC)CCCN(C(=O)Cn1nnc(-c2ccc(C)o2)n1)C(C(=O)NC1CCCC1)c1ccc(C)o1. The predicted molar refractivity (Wildman–Crippen MR) is 141 cm³/mol. The minimum absolute atomic E-state index is 0.116. The number of furan rings is 2. The zero-order valence-corrected chi connectivity index (χ0v) is 22.9. The van der Waals surface area contributed by atoms with Gasteiger partial charge in [0.05, 0.1) is 0 Å². The Balaban J connectivity index is 1.57. The summed E-state index contributed by atoms with van der Waals surface area (Å²) in [6.45, 7) is 10.8. The number of nitrogens with zero attached hydrogens (tertiary/aromatic N) is 6. The van der Waals surface area contributed by atoms with Crippen LogP contribution in [0.15, 0.2) is 33.1 Å². The van der Waals surface area contributed by atoms with Crippen LogP contribution < -0.4 is 5.32 Å². The van der Waals surface area contributed by atoms with Crippen LogP contribution in [0, 0.1) is 13.8 Å². The minimum atomic E-state index is -0.885. The van der Waals surface area contributed by atoms with E-state index in [2.05, 4.69) is 39.5 Å². The van der Waals surface area contributed by atoms with Crippen LogP contribution in [0.3, 0.4) is 0 Å². The van der Waals surface area contributed by atoms with Gasteiger partial charge in [0.1, 0.15) is 23.8 Å². The third-order valence-corrected chi connectivity index (χ3v) is 7.07. The number of nitrogens with one attached hydrogen (secondary N) is 1. The number of amides is 2. The van der Waals surface area contributed by atoms with Crippen LogP contribution in [0.4, 0.5) is 0 Å². The first-order valence-corrected chi connectivity index (χ1v) is 13.6. The maximum absolute atomic E-state index is 13.8. The highest BCUT2D eigenvalue weighted by Gasteiger charge is 2.35. The number of carbonyl (C=O) groups is 2. The van der Waals surface area contributed by atoms with Gasteiger partial charge in [-0.05, 0) is 82.2 Å². The third-order valence-electron chi connectivity index (χ3n) is 7.07. The van der Waals surface area contributed by atoms with Crippen molar-refractivity contribution in [3.63, 3.8) is 0 Å². The van der Waals surface area contributed by atoms with Gasteiger partial charge in [-0.3, -0.25) is 9.59 Å². The predicted octanol–water partition coefficient (Wildman–Crippen LogP) is 3.50. The Labute approximate surface area is 223 Å². The largest absolute Gasteiger partial charge is 0.464 e. The molecule has 0 spiro atoms. The maximum atomic E-state index is 13.8. The summed E-state index contributed by atoms with van der Waals surface area (Å²) >= 11 is 0. The Morgan fingerprint density at radius 2 is 1.76 bits per heavy atom. The van der Waals surface area contributed by atoms with Crippen molar-refractivity contribution in [2.45, 2.75) is 78.4 Å². The molecule has 0 saturated heterocycles. The molecule has 1 unspecified atom stereocenters. The summed E-state index contributed by atoms with van der Waals surface area (Å²) in [5.74, 6) is 2.15. The summed E-state index contributed by atoms with van der Waals surface area (Å²) in [5, 5.41) is 15.6. The molecule has 206 valence electrons. The lowest BCUT2D eigenvalue weighted by Crippen LogP contribution is -2.47. The van der Waals surface area contributed by atoms with Crippen molar-refractivity contribution in [3.8, 4) is 11.6 Å². The van der Waals surface area contributed by atoms with Gasteiger partial charge in [0.2, 0.25) is 11.7 Å². The van der Waals surface area contributed by atoms with E-state index in [9.17, 15) is 9.59 Å². The van der Waals surface area contributed by atoms with Crippen LogP contribution in [0.2, 0.25) is 0 Å². The smallest absolute Gasteiger partial charge is 0.250 e. The maximum Gasteiger partial charge on any atom is 0.250 e. The second-order valence-corrected chi connectivity index (χ2v) is 9.86. The standard InChI is InChI=1S/C27H39N7O4/c1-5-32(6-2)16-9-17-33(24(35)18-34-30-26(29-31-34)23-15-13-20(4)38-23)25(22-14-12-19(3)37-22)27(36)28-21-10-7-8-11-21/h12-15,21,25H,5-11,16-18H2,1-4H3,(H,28,36). The van der Waals surface area contributed by atoms with Gasteiger partial charge in [0.15, 0.2) is 11.8 Å². The van der Waals surface area contributed by atoms with E-state index >= 15 is 0 Å². The Hall–Kier alpha value is -3.47. The summed E-state index contributed by atoms with van der Waals surface area (Å²) in [4.78, 5) is 32.6. The molecule has 4 rings (SSSR count). The fraction of sp³-hybridized carbons (Fsp3) is 0.593. The first-order chi connectivity index (χ1) is 18.4. The number of aryl methyl sites for hydroxylation is 2. The molecule has 1 aliphatic carbocycles. The lowest BCUT2D eigenvalue weighted by Gasteiger charge is -2.31. The highest BCUT2D eigenvalue weighted by atomic mass is 16.3. The van der Waals surface area contributed by atoms with Gasteiger partial charge in [-0.15, -0.1) is 10.2 Å². The fourth-order valence-corrected chi connectivity index (χ4v) is 4.95. The average molecular weight is 526 g/mol. The molecule has 0 aliphatic heterocycles. The van der Waals surface area contributed by atoms with Crippen molar-refractivity contribution in [2.24, 2.45) is 0 Å². The topological polar surface area (TPSA) is 123 Å². The van der Waals surface area contributed by atoms with Crippen molar-refractivity contribution in [3.05, 3.63) is 41.5 Å². The summed E-state index contributed by atoms with van der Waals surface area (Å²) in [6, 6.07) is 6.41. The fourth-order valence-electron chi connectivity index (χ4n) is 4.95. The summed E-state index contributed by atoms with van der Waals surface area (Å²) in [6.07, 6.45) is 4.80. The molecule has 1 fully saturated rings. The molecular formula is C27H39N7O4. The van der Waals surface area contributed by atoms with Crippen molar-refractivity contribution in [1.29, 1.82) is 0 Å². The van der Waals surface area contributed by atoms with E-state index in [-0.39, 0.29) is 24.4 Å². The quantitative estimate of drug-likeness (QED) is 0.360. The summed E-state index contributed by atoms with van der Waals surface area (Å²) < 4.78 is 11.5. The Bertz CT molecular complexity index is 1190. The van der Waals surface area contributed by atoms with E-state index in [1.54, 1.807) is 17.0 Å². The van der Waals surface area contributed by atoms with Crippen LogP contribution in [-0.4, -0.2) is 74.0 Å². The highest BCUT2D eigenvalue weighted by Crippen LogP contribution is 2.26. The number of hydrogen-bond acceptors (Lipinski definition) is 8. The number of hydrogen-bond donors (Lipinski definition) is 1. The molecule has 38 heavy (non-hydrogen) atoms. The molecule has 0 bridgehead atoms. The third kappa shape index (κ3) is 6.89. The van der Waals surface area contributed by atoms with Crippen LogP contribution in [0.5, 0.6) is 0 Å². The van der Waals surface area contributed by atoms with E-state index < -0.39 is 6.04 Å². The molecule has 2 amide bonds. The van der Waals surface area contributed by atoms with Crippen molar-refractivity contribution < 1.29 is 18.4 Å². The van der Waals surface area contributed by atoms with Crippen LogP contribution in [0.25, 0.3) is 11.6 Å². The minimum Gasteiger partial charge on any atom is -0.464 e. The van der Waals surface area contributed by atoms with Gasteiger partial charge in [0.25, 0.3) is 5.91 Å². The van der Waals surface area contributed by atoms with Gasteiger partial charge < -0.3 is 24.0 Å². The lowest BCUT2D eigenvalue weighted by molar-refractivity contribution is -0.142. The number of aromatic nitrogens is 4. The number of tetrazole rings is 1. The first-order valence-electron chi connectivity index (χ1n) is 13.6. The normalized spacial score (nSPS) is 14.8. The second-order valence-electron chi connectivity index (χ2n) is 9.86. The summed E-state index contributed by atoms with van der Waals surface area (Å²) in [5.41, 5.74) is 0. The van der Waals surface area contributed by atoms with E-state index in [0.29, 0.717) is 36.1 Å². The number of rotatable bonds is 13. The Morgan fingerprint density at radius 3 is 2.39 bits per heavy atom. The molecule has 3 heterocycles. The van der Waals surface area contributed by atoms with E-state index in [1.807, 2.05) is 26.0 Å². The molecule has 1 N–H and O–H groups in total. The van der Waals surface area contributed by atoms with Gasteiger partial charge in [0, 0.05) is 12.6 Å². The molecule has 0 radical (unpaired) electrons. The molecule has 3 aromatic rings. The number of carbonyl (C=O) groups excluding carboxylic acids is 2. The zero-order chi connectivity index (χ0) is 27.1. The van der Waals surface area contributed by atoms with Gasteiger partial charge >= 0.3 is 0 Å². The molecule has 1 saturated carbocycles. The average Bonchev–Trinajstić information content (AvgIpc) is 3.70. The molecule has 3 aromatic heterocycles. The zero-order valence-electron chi connectivity index (χ0n) is 22.9. The summed E-state index contributed by atoms with van der Waals surface area (Å²) in [7, 11) is 0. The van der Waals surface area contributed by atoms with Crippen LogP contribution in [0.1, 0.15) is 69.3 Å². The molecule has 1 atom stereocenters. The van der Waals surface area contributed by atoms with Crippen LogP contribution in [-0.2, 0) is 16.1 Å².